The summed E-state index contributed by atoms with van der Waals surface area (Å²) in [5.74, 6) is 0. The number of aliphatic hydroxyl groups excluding tert-OH is 1. The summed E-state index contributed by atoms with van der Waals surface area (Å²) in [4.78, 5) is 12.7. The quantitative estimate of drug-likeness (QED) is 0.556. The maximum Gasteiger partial charge on any atom is 0.247 e. The van der Waals surface area contributed by atoms with Crippen LogP contribution in [0.15, 0.2) is 53.6 Å². The Balaban J connectivity index is 0.000000140. The van der Waals surface area contributed by atoms with Crippen LogP contribution < -0.4 is 10.9 Å². The molecule has 0 amide bonds. The number of hydrogen-bond donors (Lipinski definition) is 3. The van der Waals surface area contributed by atoms with E-state index in [1.54, 1.807) is 36.7 Å². The zero-order chi connectivity index (χ0) is 10.2. The number of rotatable bonds is 0. The van der Waals surface area contributed by atoms with Gasteiger partial charge in [-0.1, -0.05) is 12.1 Å². The van der Waals surface area contributed by atoms with Crippen molar-refractivity contribution in [1.82, 2.24) is 10.3 Å². The number of dihydropyridines is 1. The molecule has 3 N–H and O–H groups in total. The Hall–Kier alpha value is -1.81. The zero-order valence-corrected chi connectivity index (χ0v) is 7.55. The SMILES string of the molecule is O=c1cccc[nH]1.OC1C=CC=CN1. The second-order valence-corrected chi connectivity index (χ2v) is 2.58. The number of allylic oxidation sites excluding steroid dienone is 2. The molecule has 0 spiro atoms. The fraction of sp³-hybridized carbons (Fsp3) is 0.100. The molecule has 4 nitrogen and oxygen atoms in total. The van der Waals surface area contributed by atoms with Gasteiger partial charge in [0.2, 0.25) is 5.56 Å². The molecular weight excluding hydrogens is 180 g/mol. The van der Waals surface area contributed by atoms with Crippen LogP contribution in [0.25, 0.3) is 0 Å². The predicted molar refractivity (Wildman–Crippen MR) is 54.5 cm³/mol. The van der Waals surface area contributed by atoms with Gasteiger partial charge < -0.3 is 15.4 Å². The topological polar surface area (TPSA) is 65.1 Å². The van der Waals surface area contributed by atoms with Gasteiger partial charge in [-0.05, 0) is 24.4 Å². The Bertz CT molecular complexity index is 351. The largest absolute Gasteiger partial charge is 0.370 e. The maximum atomic E-state index is 10.2. The van der Waals surface area contributed by atoms with Crippen LogP contribution >= 0.6 is 0 Å². The molecule has 1 unspecified atom stereocenters. The van der Waals surface area contributed by atoms with Gasteiger partial charge >= 0.3 is 0 Å². The Morgan fingerprint density at radius 2 is 2.14 bits per heavy atom. The normalized spacial score (nSPS) is 17.9. The van der Waals surface area contributed by atoms with Gasteiger partial charge in [0.25, 0.3) is 0 Å². The lowest BCUT2D eigenvalue weighted by Gasteiger charge is -2.06. The lowest BCUT2D eigenvalue weighted by Crippen LogP contribution is -2.21. The molecule has 0 aromatic carbocycles. The summed E-state index contributed by atoms with van der Waals surface area (Å²) >= 11 is 0. The minimum absolute atomic E-state index is 0.0532. The molecule has 0 aliphatic carbocycles. The second-order valence-electron chi connectivity index (χ2n) is 2.58. The average Bonchev–Trinajstić information content (AvgIpc) is 2.21. The summed E-state index contributed by atoms with van der Waals surface area (Å²) in [5.41, 5.74) is -0.0532. The van der Waals surface area contributed by atoms with Gasteiger partial charge in [-0.2, -0.15) is 0 Å². The van der Waals surface area contributed by atoms with Crippen molar-refractivity contribution >= 4 is 0 Å². The molecule has 14 heavy (non-hydrogen) atoms. The van der Waals surface area contributed by atoms with Crippen LogP contribution in [0.1, 0.15) is 0 Å². The summed E-state index contributed by atoms with van der Waals surface area (Å²) in [5, 5.41) is 11.3. The summed E-state index contributed by atoms with van der Waals surface area (Å²) in [7, 11) is 0. The van der Waals surface area contributed by atoms with Crippen molar-refractivity contribution in [2.24, 2.45) is 0 Å². The maximum absolute atomic E-state index is 10.2. The van der Waals surface area contributed by atoms with Crippen molar-refractivity contribution in [1.29, 1.82) is 0 Å². The Kier molecular flexibility index (Phi) is 4.23. The van der Waals surface area contributed by atoms with Crippen molar-refractivity contribution in [2.45, 2.75) is 6.23 Å². The minimum atomic E-state index is -0.481. The van der Waals surface area contributed by atoms with Crippen LogP contribution in [-0.4, -0.2) is 16.3 Å². The first-order chi connectivity index (χ1) is 6.79. The van der Waals surface area contributed by atoms with E-state index in [2.05, 4.69) is 10.3 Å². The monoisotopic (exact) mass is 192 g/mol. The molecule has 1 aromatic rings. The lowest BCUT2D eigenvalue weighted by atomic mass is 10.4. The fourth-order valence-electron chi connectivity index (χ4n) is 0.812. The molecule has 2 heterocycles. The number of aromatic nitrogens is 1. The smallest absolute Gasteiger partial charge is 0.247 e. The highest BCUT2D eigenvalue weighted by molar-refractivity contribution is 5.08. The van der Waals surface area contributed by atoms with Crippen LogP contribution in [0.5, 0.6) is 0 Å². The van der Waals surface area contributed by atoms with Crippen molar-refractivity contribution in [3.63, 3.8) is 0 Å². The van der Waals surface area contributed by atoms with E-state index in [4.69, 9.17) is 5.11 Å². The third-order valence-corrected chi connectivity index (χ3v) is 1.45. The molecule has 1 aromatic heterocycles. The van der Waals surface area contributed by atoms with Crippen LogP contribution in [0.2, 0.25) is 0 Å². The molecule has 2 rings (SSSR count). The number of aliphatic hydroxyl groups is 1. The van der Waals surface area contributed by atoms with E-state index in [9.17, 15) is 4.79 Å². The van der Waals surface area contributed by atoms with Gasteiger partial charge in [-0.25, -0.2) is 0 Å². The van der Waals surface area contributed by atoms with Gasteiger partial charge in [-0.15, -0.1) is 0 Å². The first-order valence-electron chi connectivity index (χ1n) is 4.20. The highest BCUT2D eigenvalue weighted by Crippen LogP contribution is 1.87. The van der Waals surface area contributed by atoms with Crippen LogP contribution in [0, 0.1) is 0 Å². The van der Waals surface area contributed by atoms with Crippen LogP contribution in [0.4, 0.5) is 0 Å². The predicted octanol–water partition coefficient (Wildman–Crippen LogP) is 0.353. The van der Waals surface area contributed by atoms with E-state index in [0.717, 1.165) is 0 Å². The number of pyridine rings is 1. The summed E-state index contributed by atoms with van der Waals surface area (Å²) < 4.78 is 0. The highest BCUT2D eigenvalue weighted by atomic mass is 16.3. The molecule has 4 heteroatoms. The Labute approximate surface area is 81.6 Å². The molecule has 0 saturated heterocycles. The molecule has 74 valence electrons. The minimum Gasteiger partial charge on any atom is -0.370 e. The first kappa shape index (κ1) is 10.3. The van der Waals surface area contributed by atoms with Crippen molar-refractivity contribution in [3.05, 3.63) is 59.2 Å². The fourth-order valence-corrected chi connectivity index (χ4v) is 0.812. The summed E-state index contributed by atoms with van der Waals surface area (Å²) in [6, 6.07) is 4.93. The van der Waals surface area contributed by atoms with Gasteiger partial charge in [0, 0.05) is 12.3 Å². The van der Waals surface area contributed by atoms with Crippen LogP contribution in [-0.2, 0) is 0 Å². The van der Waals surface area contributed by atoms with Crippen LogP contribution in [0.3, 0.4) is 0 Å². The third-order valence-electron chi connectivity index (χ3n) is 1.45. The van der Waals surface area contributed by atoms with E-state index in [1.807, 2.05) is 6.08 Å². The number of aromatic amines is 1. The number of nitrogens with one attached hydrogen (secondary N) is 2. The van der Waals surface area contributed by atoms with Gasteiger partial charge in [0.15, 0.2) is 0 Å². The number of H-pyrrole nitrogens is 1. The lowest BCUT2D eigenvalue weighted by molar-refractivity contribution is 0.201. The van der Waals surface area contributed by atoms with Crippen molar-refractivity contribution in [3.8, 4) is 0 Å². The molecule has 1 aliphatic heterocycles. The average molecular weight is 192 g/mol. The van der Waals surface area contributed by atoms with E-state index in [0.29, 0.717) is 0 Å². The van der Waals surface area contributed by atoms with E-state index in [1.165, 1.54) is 6.07 Å². The standard InChI is InChI=1S/C5H7NO.C5H5NO/c2*7-5-3-1-2-4-6-5/h1-7H;1-4H,(H,6,7). The molecule has 0 bridgehead atoms. The first-order valence-corrected chi connectivity index (χ1v) is 4.20. The number of hydrogen-bond acceptors (Lipinski definition) is 3. The molecule has 0 fully saturated rings. The van der Waals surface area contributed by atoms with Gasteiger partial charge in [0.05, 0.1) is 0 Å². The summed E-state index contributed by atoms with van der Waals surface area (Å²) in [6.07, 6.45) is 8.10. The molecule has 0 saturated carbocycles. The van der Waals surface area contributed by atoms with Crippen molar-refractivity contribution in [2.75, 3.05) is 0 Å². The van der Waals surface area contributed by atoms with E-state index < -0.39 is 6.23 Å². The molecule has 1 aliphatic rings. The van der Waals surface area contributed by atoms with Gasteiger partial charge in [0.1, 0.15) is 6.23 Å². The Morgan fingerprint density at radius 3 is 2.43 bits per heavy atom. The van der Waals surface area contributed by atoms with Gasteiger partial charge in [-0.3, -0.25) is 4.79 Å². The molecule has 1 atom stereocenters. The summed E-state index contributed by atoms with van der Waals surface area (Å²) in [6.45, 7) is 0. The van der Waals surface area contributed by atoms with E-state index >= 15 is 0 Å². The molecular formula is C10H12N2O2. The van der Waals surface area contributed by atoms with E-state index in [-0.39, 0.29) is 5.56 Å². The zero-order valence-electron chi connectivity index (χ0n) is 7.55. The Morgan fingerprint density at radius 1 is 1.29 bits per heavy atom. The highest BCUT2D eigenvalue weighted by Gasteiger charge is 1.92. The third kappa shape index (κ3) is 4.27. The molecule has 0 radical (unpaired) electrons. The second kappa shape index (κ2) is 5.77. The van der Waals surface area contributed by atoms with Crippen molar-refractivity contribution < 1.29 is 5.11 Å².